The highest BCUT2D eigenvalue weighted by Gasteiger charge is 2.33. The highest BCUT2D eigenvalue weighted by Crippen LogP contribution is 2.24. The second-order valence-electron chi connectivity index (χ2n) is 6.35. The topological polar surface area (TPSA) is 61.4 Å². The molecule has 0 spiro atoms. The molecular formula is C17H25N3O2. The number of benzene rings is 1. The lowest BCUT2D eigenvalue weighted by atomic mass is 10.1. The molecule has 1 aromatic rings. The average molecular weight is 303 g/mol. The molecule has 0 bridgehead atoms. The molecule has 1 fully saturated rings. The Bertz CT molecular complexity index is 569. The molecule has 0 radical (unpaired) electrons. The van der Waals surface area contributed by atoms with Crippen LogP contribution in [-0.2, 0) is 4.79 Å². The van der Waals surface area contributed by atoms with Crippen LogP contribution in [0.1, 0.15) is 31.4 Å². The molecule has 1 atom stereocenters. The van der Waals surface area contributed by atoms with E-state index in [9.17, 15) is 9.59 Å². The number of hydrogen-bond donors (Lipinski definition) is 2. The lowest BCUT2D eigenvalue weighted by Gasteiger charge is -2.18. The number of rotatable bonds is 4. The highest BCUT2D eigenvalue weighted by molar-refractivity contribution is 6.01. The molecule has 1 saturated heterocycles. The molecule has 0 aliphatic carbocycles. The fourth-order valence-corrected chi connectivity index (χ4v) is 2.47. The fourth-order valence-electron chi connectivity index (χ4n) is 2.47. The van der Waals surface area contributed by atoms with Crippen LogP contribution in [0.5, 0.6) is 0 Å². The van der Waals surface area contributed by atoms with Crippen molar-refractivity contribution in [2.45, 2.75) is 40.2 Å². The molecule has 1 aliphatic rings. The van der Waals surface area contributed by atoms with E-state index in [1.54, 1.807) is 4.90 Å². The predicted molar refractivity (Wildman–Crippen MR) is 88.0 cm³/mol. The third-order valence-corrected chi connectivity index (χ3v) is 3.98. The Kier molecular flexibility index (Phi) is 5.06. The summed E-state index contributed by atoms with van der Waals surface area (Å²) >= 11 is 0. The number of anilines is 1. The van der Waals surface area contributed by atoms with E-state index in [0.717, 1.165) is 11.3 Å². The largest absolute Gasteiger partial charge is 0.338 e. The zero-order valence-corrected chi connectivity index (χ0v) is 13.8. The number of carbonyl (C=O) groups excluding carboxylic acids is 2. The van der Waals surface area contributed by atoms with Crippen molar-refractivity contribution in [3.63, 3.8) is 0 Å². The van der Waals surface area contributed by atoms with Crippen LogP contribution in [0.2, 0.25) is 0 Å². The molecular weight excluding hydrogens is 278 g/mol. The molecule has 2 rings (SSSR count). The second-order valence-corrected chi connectivity index (χ2v) is 6.35. The first-order chi connectivity index (χ1) is 10.4. The van der Waals surface area contributed by atoms with Crippen LogP contribution in [0.4, 0.5) is 10.5 Å². The van der Waals surface area contributed by atoms with Gasteiger partial charge in [-0.3, -0.25) is 4.79 Å². The number of amides is 3. The van der Waals surface area contributed by atoms with Gasteiger partial charge in [0.05, 0.1) is 0 Å². The number of nitrogens with one attached hydrogen (secondary N) is 2. The van der Waals surface area contributed by atoms with E-state index in [1.807, 2.05) is 45.9 Å². The number of carbonyl (C=O) groups is 2. The van der Waals surface area contributed by atoms with Gasteiger partial charge in [0.15, 0.2) is 0 Å². The lowest BCUT2D eigenvalue weighted by Crippen LogP contribution is -2.46. The number of nitrogens with zero attached hydrogens (tertiary/aromatic N) is 1. The van der Waals surface area contributed by atoms with Crippen molar-refractivity contribution in [3.8, 4) is 0 Å². The maximum absolute atomic E-state index is 12.5. The quantitative estimate of drug-likeness (QED) is 0.897. The van der Waals surface area contributed by atoms with E-state index in [4.69, 9.17) is 0 Å². The van der Waals surface area contributed by atoms with E-state index < -0.39 is 6.04 Å². The van der Waals surface area contributed by atoms with Gasteiger partial charge in [-0.15, -0.1) is 0 Å². The molecule has 5 nitrogen and oxygen atoms in total. The molecule has 3 amide bonds. The number of hydrogen-bond acceptors (Lipinski definition) is 2. The Morgan fingerprint density at radius 3 is 2.68 bits per heavy atom. The molecule has 120 valence electrons. The van der Waals surface area contributed by atoms with Gasteiger partial charge in [-0.2, -0.15) is 0 Å². The molecule has 0 saturated carbocycles. The summed E-state index contributed by atoms with van der Waals surface area (Å²) in [5.74, 6) is 0.347. The van der Waals surface area contributed by atoms with E-state index >= 15 is 0 Å². The van der Waals surface area contributed by atoms with Gasteiger partial charge in [-0.05, 0) is 49.4 Å². The van der Waals surface area contributed by atoms with Crippen molar-refractivity contribution in [2.75, 3.05) is 18.0 Å². The van der Waals surface area contributed by atoms with Crippen LogP contribution in [-0.4, -0.2) is 31.1 Å². The molecule has 5 heteroatoms. The summed E-state index contributed by atoms with van der Waals surface area (Å²) in [6.45, 7) is 9.39. The van der Waals surface area contributed by atoms with Gasteiger partial charge in [0.25, 0.3) is 0 Å². The lowest BCUT2D eigenvalue weighted by molar-refractivity contribution is -0.118. The Hall–Kier alpha value is -2.04. The van der Waals surface area contributed by atoms with Crippen LogP contribution >= 0.6 is 0 Å². The van der Waals surface area contributed by atoms with Gasteiger partial charge in [0.2, 0.25) is 5.91 Å². The van der Waals surface area contributed by atoms with Crippen molar-refractivity contribution in [1.82, 2.24) is 10.6 Å². The van der Waals surface area contributed by atoms with Gasteiger partial charge < -0.3 is 15.5 Å². The monoisotopic (exact) mass is 303 g/mol. The Morgan fingerprint density at radius 2 is 2.05 bits per heavy atom. The van der Waals surface area contributed by atoms with Crippen LogP contribution in [0, 0.1) is 19.8 Å². The third kappa shape index (κ3) is 3.78. The standard InChI is InChI=1S/C17H25N3O2/c1-11(2)10-18-17(22)19-15-7-8-20(16(15)21)14-6-5-12(3)13(4)9-14/h5-6,9,11,15H,7-8,10H2,1-4H3,(H2,18,19,22)/t15-/m0/s1. The first-order valence-corrected chi connectivity index (χ1v) is 7.81. The minimum Gasteiger partial charge on any atom is -0.338 e. The van der Waals surface area contributed by atoms with Gasteiger partial charge in [0, 0.05) is 18.8 Å². The first-order valence-electron chi connectivity index (χ1n) is 7.81. The normalized spacial score (nSPS) is 18.0. The Morgan fingerprint density at radius 1 is 1.32 bits per heavy atom. The van der Waals surface area contributed by atoms with Crippen LogP contribution in [0.15, 0.2) is 18.2 Å². The summed E-state index contributed by atoms with van der Waals surface area (Å²) in [5, 5.41) is 5.55. The second kappa shape index (κ2) is 6.81. The average Bonchev–Trinajstić information content (AvgIpc) is 2.81. The smallest absolute Gasteiger partial charge is 0.315 e. The highest BCUT2D eigenvalue weighted by atomic mass is 16.2. The van der Waals surface area contributed by atoms with Crippen molar-refractivity contribution in [2.24, 2.45) is 5.92 Å². The van der Waals surface area contributed by atoms with Crippen LogP contribution in [0.3, 0.4) is 0 Å². The summed E-state index contributed by atoms with van der Waals surface area (Å²) in [6.07, 6.45) is 0.640. The maximum Gasteiger partial charge on any atom is 0.315 e. The van der Waals surface area contributed by atoms with Crippen molar-refractivity contribution in [1.29, 1.82) is 0 Å². The molecule has 1 aliphatic heterocycles. The molecule has 0 unspecified atom stereocenters. The van der Waals surface area contributed by atoms with Crippen molar-refractivity contribution < 1.29 is 9.59 Å². The minimum atomic E-state index is -0.436. The van der Waals surface area contributed by atoms with Gasteiger partial charge >= 0.3 is 6.03 Å². The molecule has 1 aromatic carbocycles. The summed E-state index contributed by atoms with van der Waals surface area (Å²) in [4.78, 5) is 26.0. The van der Waals surface area contributed by atoms with Gasteiger partial charge in [0.1, 0.15) is 6.04 Å². The zero-order valence-electron chi connectivity index (χ0n) is 13.8. The molecule has 0 aromatic heterocycles. The van der Waals surface area contributed by atoms with Crippen molar-refractivity contribution in [3.05, 3.63) is 29.3 Å². The van der Waals surface area contributed by atoms with E-state index in [-0.39, 0.29) is 11.9 Å². The summed E-state index contributed by atoms with van der Waals surface area (Å²) in [6, 6.07) is 5.30. The maximum atomic E-state index is 12.5. The Balaban J connectivity index is 1.97. The first kappa shape index (κ1) is 16.3. The van der Waals surface area contributed by atoms with E-state index in [1.165, 1.54) is 5.56 Å². The van der Waals surface area contributed by atoms with Crippen LogP contribution < -0.4 is 15.5 Å². The predicted octanol–water partition coefficient (Wildman–Crippen LogP) is 2.36. The fraction of sp³-hybridized carbons (Fsp3) is 0.529. The SMILES string of the molecule is Cc1ccc(N2CC[C@H](NC(=O)NCC(C)C)C2=O)cc1C. The third-order valence-electron chi connectivity index (χ3n) is 3.98. The van der Waals surface area contributed by atoms with E-state index in [0.29, 0.717) is 25.4 Å². The van der Waals surface area contributed by atoms with E-state index in [2.05, 4.69) is 10.6 Å². The zero-order chi connectivity index (χ0) is 16.3. The van der Waals surface area contributed by atoms with Gasteiger partial charge in [-0.1, -0.05) is 19.9 Å². The molecule has 22 heavy (non-hydrogen) atoms. The van der Waals surface area contributed by atoms with Crippen LogP contribution in [0.25, 0.3) is 0 Å². The summed E-state index contributed by atoms with van der Waals surface area (Å²) in [7, 11) is 0. The molecule has 1 heterocycles. The van der Waals surface area contributed by atoms with Gasteiger partial charge in [-0.25, -0.2) is 4.79 Å². The minimum absolute atomic E-state index is 0.0389. The Labute approximate surface area is 132 Å². The summed E-state index contributed by atoms with van der Waals surface area (Å²) in [5.41, 5.74) is 3.27. The summed E-state index contributed by atoms with van der Waals surface area (Å²) < 4.78 is 0. The number of aryl methyl sites for hydroxylation is 2. The van der Waals surface area contributed by atoms with Crippen molar-refractivity contribution >= 4 is 17.6 Å². The molecule has 2 N–H and O–H groups in total. The number of urea groups is 1.